The molecule has 1 rings (SSSR count). The van der Waals surface area contributed by atoms with Crippen LogP contribution in [-0.4, -0.2) is 26.2 Å². The lowest BCUT2D eigenvalue weighted by molar-refractivity contribution is 0.100. The van der Waals surface area contributed by atoms with Crippen LogP contribution in [0.5, 0.6) is 11.5 Å². The highest BCUT2D eigenvalue weighted by Gasteiger charge is 2.06. The largest absolute Gasteiger partial charge is 0.490 e. The monoisotopic (exact) mass is 280 g/mol. The number of hydroxylamine groups is 1. The van der Waals surface area contributed by atoms with Crippen molar-refractivity contribution in [2.24, 2.45) is 4.99 Å². The summed E-state index contributed by atoms with van der Waals surface area (Å²) >= 11 is 0. The molecule has 5 heteroatoms. The topological polar surface area (TPSA) is 52.1 Å². The van der Waals surface area contributed by atoms with E-state index in [9.17, 15) is 0 Å². The van der Waals surface area contributed by atoms with E-state index in [0.29, 0.717) is 19.8 Å². The Morgan fingerprint density at radius 2 is 1.75 bits per heavy atom. The van der Waals surface area contributed by atoms with E-state index in [-0.39, 0.29) is 0 Å². The molecular formula is C15H24N2O3. The smallest absolute Gasteiger partial charge is 0.163 e. The van der Waals surface area contributed by atoms with E-state index >= 15 is 0 Å². The zero-order valence-electron chi connectivity index (χ0n) is 12.5. The molecular weight excluding hydrogens is 256 g/mol. The van der Waals surface area contributed by atoms with Crippen molar-refractivity contribution in [3.05, 3.63) is 18.2 Å². The van der Waals surface area contributed by atoms with Gasteiger partial charge in [0.15, 0.2) is 11.5 Å². The summed E-state index contributed by atoms with van der Waals surface area (Å²) in [5, 5.41) is 0. The van der Waals surface area contributed by atoms with Gasteiger partial charge < -0.3 is 9.47 Å². The van der Waals surface area contributed by atoms with Crippen molar-refractivity contribution in [1.82, 2.24) is 5.48 Å². The summed E-state index contributed by atoms with van der Waals surface area (Å²) in [6.45, 7) is 7.97. The molecule has 0 aliphatic carbocycles. The average molecular weight is 280 g/mol. The van der Waals surface area contributed by atoms with Crippen LogP contribution in [0.2, 0.25) is 0 Å². The number of ether oxygens (including phenoxy) is 2. The van der Waals surface area contributed by atoms with Crippen LogP contribution in [0, 0.1) is 0 Å². The molecule has 0 fully saturated rings. The lowest BCUT2D eigenvalue weighted by Gasteiger charge is -2.12. The molecule has 0 aromatic heterocycles. The van der Waals surface area contributed by atoms with Crippen LogP contribution in [-0.2, 0) is 4.84 Å². The molecule has 1 aromatic carbocycles. The summed E-state index contributed by atoms with van der Waals surface area (Å²) in [5.41, 5.74) is 3.42. The Bertz CT molecular complexity index is 408. The summed E-state index contributed by atoms with van der Waals surface area (Å²) in [7, 11) is 0. The van der Waals surface area contributed by atoms with Crippen molar-refractivity contribution < 1.29 is 14.3 Å². The number of hydrogen-bond donors (Lipinski definition) is 1. The maximum Gasteiger partial charge on any atom is 0.163 e. The van der Waals surface area contributed by atoms with Gasteiger partial charge in [-0.2, -0.15) is 0 Å². The number of nitrogens with one attached hydrogen (secondary N) is 1. The Labute approximate surface area is 120 Å². The van der Waals surface area contributed by atoms with Gasteiger partial charge in [0.1, 0.15) is 6.34 Å². The van der Waals surface area contributed by atoms with E-state index in [1.165, 1.54) is 6.34 Å². The van der Waals surface area contributed by atoms with E-state index in [1.807, 2.05) is 25.1 Å². The highest BCUT2D eigenvalue weighted by molar-refractivity contribution is 5.62. The highest BCUT2D eigenvalue weighted by atomic mass is 16.6. The Hall–Kier alpha value is -1.75. The number of aliphatic imine (C=N–C) groups is 1. The lowest BCUT2D eigenvalue weighted by atomic mass is 10.3. The van der Waals surface area contributed by atoms with Gasteiger partial charge in [0.2, 0.25) is 0 Å². The van der Waals surface area contributed by atoms with Crippen molar-refractivity contribution in [2.75, 3.05) is 19.8 Å². The van der Waals surface area contributed by atoms with Crippen LogP contribution in [0.15, 0.2) is 23.2 Å². The van der Waals surface area contributed by atoms with Crippen LogP contribution in [0.1, 0.15) is 33.6 Å². The minimum atomic E-state index is 0.584. The minimum Gasteiger partial charge on any atom is -0.490 e. The van der Waals surface area contributed by atoms with Gasteiger partial charge in [-0.05, 0) is 31.9 Å². The molecule has 1 N–H and O–H groups in total. The molecule has 0 saturated carbocycles. The third kappa shape index (κ3) is 5.93. The van der Waals surface area contributed by atoms with Gasteiger partial charge in [-0.1, -0.05) is 13.8 Å². The lowest BCUT2D eigenvalue weighted by Crippen LogP contribution is -2.10. The third-order valence-electron chi connectivity index (χ3n) is 2.34. The normalized spacial score (nSPS) is 10.8. The molecule has 112 valence electrons. The molecule has 0 spiro atoms. The molecule has 5 nitrogen and oxygen atoms in total. The third-order valence-corrected chi connectivity index (χ3v) is 2.34. The van der Waals surface area contributed by atoms with Crippen molar-refractivity contribution in [2.45, 2.75) is 33.6 Å². The molecule has 0 bridgehead atoms. The molecule has 0 aliphatic heterocycles. The second kappa shape index (κ2) is 10.1. The second-order valence-electron chi connectivity index (χ2n) is 4.14. The SMILES string of the molecule is CCCOc1ccc(N=CNOCC)cc1OCCC. The second-order valence-corrected chi connectivity index (χ2v) is 4.14. The van der Waals surface area contributed by atoms with Crippen LogP contribution in [0.3, 0.4) is 0 Å². The quantitative estimate of drug-likeness (QED) is 0.308. The van der Waals surface area contributed by atoms with Gasteiger partial charge in [-0.15, -0.1) is 0 Å². The maximum absolute atomic E-state index is 5.70. The van der Waals surface area contributed by atoms with E-state index in [4.69, 9.17) is 14.3 Å². The molecule has 0 atom stereocenters. The highest BCUT2D eigenvalue weighted by Crippen LogP contribution is 2.31. The van der Waals surface area contributed by atoms with Gasteiger partial charge in [0.05, 0.1) is 25.5 Å². The van der Waals surface area contributed by atoms with Gasteiger partial charge in [-0.3, -0.25) is 10.3 Å². The van der Waals surface area contributed by atoms with Crippen molar-refractivity contribution in [3.8, 4) is 11.5 Å². The molecule has 20 heavy (non-hydrogen) atoms. The van der Waals surface area contributed by atoms with Crippen molar-refractivity contribution in [1.29, 1.82) is 0 Å². The van der Waals surface area contributed by atoms with Gasteiger partial charge in [0, 0.05) is 6.07 Å². The zero-order valence-corrected chi connectivity index (χ0v) is 12.5. The first-order chi connectivity index (χ1) is 9.81. The summed E-state index contributed by atoms with van der Waals surface area (Å²) < 4.78 is 11.4. The molecule has 0 aliphatic rings. The predicted molar refractivity (Wildman–Crippen MR) is 80.9 cm³/mol. The van der Waals surface area contributed by atoms with E-state index < -0.39 is 0 Å². The molecule has 0 radical (unpaired) electrons. The summed E-state index contributed by atoms with van der Waals surface area (Å²) in [5.74, 6) is 1.49. The first kappa shape index (κ1) is 16.3. The number of nitrogens with zero attached hydrogens (tertiary/aromatic N) is 1. The van der Waals surface area contributed by atoms with Crippen LogP contribution >= 0.6 is 0 Å². The fourth-order valence-corrected chi connectivity index (χ4v) is 1.45. The molecule has 0 amide bonds. The predicted octanol–water partition coefficient (Wildman–Crippen LogP) is 3.47. The fraction of sp³-hybridized carbons (Fsp3) is 0.533. The zero-order chi connectivity index (χ0) is 14.6. The van der Waals surface area contributed by atoms with Gasteiger partial charge >= 0.3 is 0 Å². The van der Waals surface area contributed by atoms with E-state index in [2.05, 4.69) is 24.3 Å². The van der Waals surface area contributed by atoms with Gasteiger partial charge in [-0.25, -0.2) is 4.99 Å². The first-order valence-corrected chi connectivity index (χ1v) is 7.11. The van der Waals surface area contributed by atoms with Crippen LogP contribution in [0.4, 0.5) is 5.69 Å². The Morgan fingerprint density at radius 3 is 2.40 bits per heavy atom. The maximum atomic E-state index is 5.70. The Kier molecular flexibility index (Phi) is 8.22. The Morgan fingerprint density at radius 1 is 1.05 bits per heavy atom. The Balaban J connectivity index is 2.74. The number of hydrogen-bond acceptors (Lipinski definition) is 4. The standard InChI is InChI=1S/C15H24N2O3/c1-4-9-18-14-8-7-13(16-12-17-20-6-3)11-15(14)19-10-5-2/h7-8,11-12H,4-6,9-10H2,1-3H3,(H,16,17). The summed E-state index contributed by atoms with van der Waals surface area (Å²) in [6, 6.07) is 5.63. The van der Waals surface area contributed by atoms with Gasteiger partial charge in [0.25, 0.3) is 0 Å². The van der Waals surface area contributed by atoms with E-state index in [0.717, 1.165) is 30.0 Å². The number of benzene rings is 1. The van der Waals surface area contributed by atoms with Crippen LogP contribution < -0.4 is 15.0 Å². The van der Waals surface area contributed by atoms with E-state index in [1.54, 1.807) is 0 Å². The molecule has 0 saturated heterocycles. The summed E-state index contributed by atoms with van der Waals surface area (Å²) in [4.78, 5) is 9.21. The number of rotatable bonds is 10. The average Bonchev–Trinajstić information content (AvgIpc) is 2.48. The van der Waals surface area contributed by atoms with Crippen LogP contribution in [0.25, 0.3) is 0 Å². The fourth-order valence-electron chi connectivity index (χ4n) is 1.45. The summed E-state index contributed by atoms with van der Waals surface area (Å²) in [6.07, 6.45) is 3.42. The van der Waals surface area contributed by atoms with Crippen molar-refractivity contribution >= 4 is 12.0 Å². The van der Waals surface area contributed by atoms with Crippen molar-refractivity contribution in [3.63, 3.8) is 0 Å². The molecule has 0 heterocycles. The molecule has 1 aromatic rings. The minimum absolute atomic E-state index is 0.584. The molecule has 0 unspecified atom stereocenters. The first-order valence-electron chi connectivity index (χ1n) is 7.11.